The van der Waals surface area contributed by atoms with E-state index >= 15 is 0 Å². The van der Waals surface area contributed by atoms with Crippen molar-refractivity contribution in [2.24, 2.45) is 0 Å². The van der Waals surface area contributed by atoms with E-state index < -0.39 is 11.7 Å². The third-order valence-electron chi connectivity index (χ3n) is 3.36. The normalized spacial score (nSPS) is 10.8. The summed E-state index contributed by atoms with van der Waals surface area (Å²) in [6, 6.07) is 6.01. The van der Waals surface area contributed by atoms with Crippen molar-refractivity contribution in [2.75, 3.05) is 18.5 Å². The van der Waals surface area contributed by atoms with Crippen LogP contribution in [-0.2, 0) is 4.84 Å². The number of aliphatic hydroxyl groups is 1. The zero-order valence-electron chi connectivity index (χ0n) is 12.9. The van der Waals surface area contributed by atoms with Crippen LogP contribution in [0, 0.1) is 5.82 Å². The van der Waals surface area contributed by atoms with Crippen LogP contribution in [0.4, 0.5) is 15.8 Å². The minimum absolute atomic E-state index is 0.0666. The number of benzene rings is 1. The van der Waals surface area contributed by atoms with Crippen LogP contribution < -0.4 is 10.8 Å². The largest absolute Gasteiger partial charge is 0.394 e. The van der Waals surface area contributed by atoms with Crippen LogP contribution in [0.2, 0.25) is 5.02 Å². The second-order valence-corrected chi connectivity index (χ2v) is 5.38. The standard InChI is InChI=1S/C16H14ClFN4O3/c17-13-14(20-12-4-2-1-3-11(12)18)10(16(24)21-25-8-7-23)9-22-6-5-19-15(13)22/h1-6,9,20,23H,7-8H2,(H,21,24). The lowest BCUT2D eigenvalue weighted by atomic mass is 10.2. The van der Waals surface area contributed by atoms with E-state index in [0.717, 1.165) is 0 Å². The summed E-state index contributed by atoms with van der Waals surface area (Å²) in [7, 11) is 0. The maximum Gasteiger partial charge on any atom is 0.278 e. The maximum absolute atomic E-state index is 14.0. The molecule has 0 saturated heterocycles. The van der Waals surface area contributed by atoms with Gasteiger partial charge in [0.25, 0.3) is 5.91 Å². The molecule has 0 aliphatic heterocycles. The van der Waals surface area contributed by atoms with E-state index in [4.69, 9.17) is 21.5 Å². The summed E-state index contributed by atoms with van der Waals surface area (Å²) in [4.78, 5) is 21.4. The second kappa shape index (κ2) is 7.47. The average Bonchev–Trinajstić information content (AvgIpc) is 3.08. The first-order valence-electron chi connectivity index (χ1n) is 7.31. The van der Waals surface area contributed by atoms with Crippen LogP contribution in [0.15, 0.2) is 42.9 Å². The number of imidazole rings is 1. The van der Waals surface area contributed by atoms with E-state index in [0.29, 0.717) is 5.65 Å². The number of amides is 1. The zero-order valence-corrected chi connectivity index (χ0v) is 13.6. The monoisotopic (exact) mass is 364 g/mol. The van der Waals surface area contributed by atoms with Gasteiger partial charge in [0.1, 0.15) is 10.8 Å². The molecule has 25 heavy (non-hydrogen) atoms. The van der Waals surface area contributed by atoms with Crippen molar-refractivity contribution in [3.8, 4) is 0 Å². The minimum Gasteiger partial charge on any atom is -0.394 e. The van der Waals surface area contributed by atoms with E-state index in [1.165, 1.54) is 24.5 Å². The number of anilines is 2. The van der Waals surface area contributed by atoms with Gasteiger partial charge in [0.05, 0.1) is 30.2 Å². The molecule has 0 bridgehead atoms. The molecule has 0 spiro atoms. The lowest BCUT2D eigenvalue weighted by Gasteiger charge is -2.15. The molecule has 2 heterocycles. The molecule has 0 aliphatic rings. The van der Waals surface area contributed by atoms with Crippen molar-refractivity contribution in [1.82, 2.24) is 14.9 Å². The van der Waals surface area contributed by atoms with E-state index in [-0.39, 0.29) is 35.2 Å². The van der Waals surface area contributed by atoms with Crippen LogP contribution in [0.25, 0.3) is 5.65 Å². The molecule has 0 radical (unpaired) electrons. The fourth-order valence-corrected chi connectivity index (χ4v) is 2.53. The van der Waals surface area contributed by atoms with Gasteiger partial charge in [0.15, 0.2) is 5.65 Å². The summed E-state index contributed by atoms with van der Waals surface area (Å²) in [6.07, 6.45) is 4.65. The molecule has 2 aromatic heterocycles. The number of nitrogens with one attached hydrogen (secondary N) is 2. The fraction of sp³-hybridized carbons (Fsp3) is 0.125. The molecule has 1 aromatic carbocycles. The van der Waals surface area contributed by atoms with Gasteiger partial charge in [-0.3, -0.25) is 9.63 Å². The van der Waals surface area contributed by atoms with Gasteiger partial charge < -0.3 is 14.8 Å². The molecule has 130 valence electrons. The van der Waals surface area contributed by atoms with E-state index in [2.05, 4.69) is 15.8 Å². The molecule has 7 nitrogen and oxygen atoms in total. The Bertz CT molecular complexity index is 916. The van der Waals surface area contributed by atoms with Crippen molar-refractivity contribution >= 4 is 34.5 Å². The molecular formula is C16H14ClFN4O3. The highest BCUT2D eigenvalue weighted by Gasteiger charge is 2.20. The number of nitrogens with zero attached hydrogens (tertiary/aromatic N) is 2. The average molecular weight is 365 g/mol. The lowest BCUT2D eigenvalue weighted by molar-refractivity contribution is 0.0168. The number of hydrogen-bond donors (Lipinski definition) is 3. The first-order chi connectivity index (χ1) is 12.1. The van der Waals surface area contributed by atoms with Crippen LogP contribution >= 0.6 is 11.6 Å². The summed E-state index contributed by atoms with van der Waals surface area (Å²) in [6.45, 7) is -0.315. The Kier molecular flexibility index (Phi) is 5.13. The first-order valence-corrected chi connectivity index (χ1v) is 7.69. The van der Waals surface area contributed by atoms with Gasteiger partial charge in [-0.25, -0.2) is 14.9 Å². The summed E-state index contributed by atoms with van der Waals surface area (Å²) < 4.78 is 15.5. The Labute approximate surface area is 147 Å². The Morgan fingerprint density at radius 3 is 2.96 bits per heavy atom. The second-order valence-electron chi connectivity index (χ2n) is 5.00. The number of pyridine rings is 1. The Hall–Kier alpha value is -2.68. The molecule has 0 saturated carbocycles. The van der Waals surface area contributed by atoms with Crippen molar-refractivity contribution in [2.45, 2.75) is 0 Å². The number of aromatic nitrogens is 2. The topological polar surface area (TPSA) is 87.9 Å². The smallest absolute Gasteiger partial charge is 0.278 e. The number of halogens is 2. The highest BCUT2D eigenvalue weighted by molar-refractivity contribution is 6.37. The number of carbonyl (C=O) groups excluding carboxylic acids is 1. The Morgan fingerprint density at radius 1 is 1.40 bits per heavy atom. The number of aliphatic hydroxyl groups excluding tert-OH is 1. The molecule has 3 aromatic rings. The van der Waals surface area contributed by atoms with Gasteiger partial charge in [0.2, 0.25) is 0 Å². The number of rotatable bonds is 6. The van der Waals surface area contributed by atoms with E-state index in [9.17, 15) is 9.18 Å². The third kappa shape index (κ3) is 3.55. The molecule has 1 amide bonds. The van der Waals surface area contributed by atoms with Gasteiger partial charge in [0, 0.05) is 18.6 Å². The predicted octanol–water partition coefficient (Wildman–Crippen LogP) is 2.52. The highest BCUT2D eigenvalue weighted by Crippen LogP contribution is 2.33. The van der Waals surface area contributed by atoms with Crippen LogP contribution in [0.1, 0.15) is 10.4 Å². The van der Waals surface area contributed by atoms with Crippen molar-refractivity contribution in [3.05, 3.63) is 59.3 Å². The third-order valence-corrected chi connectivity index (χ3v) is 3.72. The van der Waals surface area contributed by atoms with Gasteiger partial charge in [-0.15, -0.1) is 0 Å². The van der Waals surface area contributed by atoms with E-state index in [1.54, 1.807) is 22.7 Å². The van der Waals surface area contributed by atoms with Gasteiger partial charge in [-0.05, 0) is 12.1 Å². The van der Waals surface area contributed by atoms with Crippen molar-refractivity contribution < 1.29 is 19.1 Å². The Balaban J connectivity index is 2.04. The number of hydrogen-bond acceptors (Lipinski definition) is 5. The molecular weight excluding hydrogens is 351 g/mol. The van der Waals surface area contributed by atoms with E-state index in [1.807, 2.05) is 0 Å². The minimum atomic E-state index is -0.607. The summed E-state index contributed by atoms with van der Waals surface area (Å²) in [5.74, 6) is -1.10. The summed E-state index contributed by atoms with van der Waals surface area (Å²) in [5, 5.41) is 11.7. The molecule has 0 aliphatic carbocycles. The van der Waals surface area contributed by atoms with Gasteiger partial charge >= 0.3 is 0 Å². The summed E-state index contributed by atoms with van der Waals surface area (Å²) in [5.41, 5.74) is 3.08. The molecule has 3 rings (SSSR count). The molecule has 3 N–H and O–H groups in total. The Morgan fingerprint density at radius 2 is 2.20 bits per heavy atom. The molecule has 9 heteroatoms. The summed E-state index contributed by atoms with van der Waals surface area (Å²) >= 11 is 6.37. The predicted molar refractivity (Wildman–Crippen MR) is 90.4 cm³/mol. The number of hydroxylamine groups is 1. The quantitative estimate of drug-likeness (QED) is 0.462. The van der Waals surface area contributed by atoms with Crippen LogP contribution in [-0.4, -0.2) is 33.6 Å². The van der Waals surface area contributed by atoms with Crippen LogP contribution in [0.3, 0.4) is 0 Å². The first kappa shape index (κ1) is 17.2. The van der Waals surface area contributed by atoms with Crippen LogP contribution in [0.5, 0.6) is 0 Å². The number of para-hydroxylation sites is 1. The van der Waals surface area contributed by atoms with Crippen molar-refractivity contribution in [3.63, 3.8) is 0 Å². The number of fused-ring (bicyclic) bond motifs is 1. The lowest BCUT2D eigenvalue weighted by Crippen LogP contribution is -2.26. The zero-order chi connectivity index (χ0) is 17.8. The molecule has 0 atom stereocenters. The molecule has 0 unspecified atom stereocenters. The highest BCUT2D eigenvalue weighted by atomic mass is 35.5. The molecule has 0 fully saturated rings. The SMILES string of the molecule is O=C(NOCCO)c1cn2ccnc2c(Cl)c1Nc1ccccc1F. The van der Waals surface area contributed by atoms with Crippen molar-refractivity contribution in [1.29, 1.82) is 0 Å². The fourth-order valence-electron chi connectivity index (χ4n) is 2.23. The number of carbonyl (C=O) groups is 1. The van der Waals surface area contributed by atoms with Gasteiger partial charge in [-0.1, -0.05) is 23.7 Å². The maximum atomic E-state index is 14.0. The van der Waals surface area contributed by atoms with Gasteiger partial charge in [-0.2, -0.15) is 0 Å².